The summed E-state index contributed by atoms with van der Waals surface area (Å²) in [5, 5.41) is 0. The van der Waals surface area contributed by atoms with Crippen LogP contribution in [0.3, 0.4) is 0 Å². The van der Waals surface area contributed by atoms with E-state index in [-0.39, 0.29) is 0 Å². The minimum absolute atomic E-state index is 0.528. The lowest BCUT2D eigenvalue weighted by molar-refractivity contribution is -0.411. The Morgan fingerprint density at radius 1 is 1.29 bits per heavy atom. The van der Waals surface area contributed by atoms with E-state index in [0.29, 0.717) is 6.61 Å². The van der Waals surface area contributed by atoms with Crippen molar-refractivity contribution < 1.29 is 14.5 Å². The highest BCUT2D eigenvalue weighted by Crippen LogP contribution is 2.25. The van der Waals surface area contributed by atoms with Gasteiger partial charge in [-0.25, -0.2) is 4.89 Å². The standard InChI is InChI=1S/C14H20O3/c1-5-13(15-6-2)16-17-14(3,4)12-10-8-7-9-11-12/h5,7-11,13H,1,6H2,2-4H3. The lowest BCUT2D eigenvalue weighted by atomic mass is 9.99. The second-order valence-electron chi connectivity index (χ2n) is 4.12. The first-order valence-corrected chi connectivity index (χ1v) is 5.74. The van der Waals surface area contributed by atoms with Crippen LogP contribution in [0.4, 0.5) is 0 Å². The molecule has 0 aliphatic rings. The largest absolute Gasteiger partial charge is 0.347 e. The fourth-order valence-electron chi connectivity index (χ4n) is 1.35. The first-order chi connectivity index (χ1) is 8.10. The summed E-state index contributed by atoms with van der Waals surface area (Å²) in [6.07, 6.45) is 1.02. The van der Waals surface area contributed by atoms with Crippen LogP contribution >= 0.6 is 0 Å². The molecule has 1 rings (SSSR count). The van der Waals surface area contributed by atoms with Crippen LogP contribution in [-0.2, 0) is 20.1 Å². The SMILES string of the molecule is C=CC(OCC)OOC(C)(C)c1ccccc1. The van der Waals surface area contributed by atoms with Gasteiger partial charge in [-0.2, -0.15) is 4.89 Å². The third kappa shape index (κ3) is 4.30. The van der Waals surface area contributed by atoms with Crippen LogP contribution in [0.15, 0.2) is 43.0 Å². The lowest BCUT2D eigenvalue weighted by Gasteiger charge is -2.26. The predicted molar refractivity (Wildman–Crippen MR) is 67.2 cm³/mol. The van der Waals surface area contributed by atoms with Crippen molar-refractivity contribution in [2.45, 2.75) is 32.7 Å². The van der Waals surface area contributed by atoms with Crippen LogP contribution < -0.4 is 0 Å². The molecule has 0 bridgehead atoms. The second kappa shape index (κ2) is 6.55. The molecular formula is C14H20O3. The number of ether oxygens (including phenoxy) is 1. The van der Waals surface area contributed by atoms with Crippen LogP contribution in [0.5, 0.6) is 0 Å². The van der Waals surface area contributed by atoms with E-state index in [0.717, 1.165) is 5.56 Å². The first kappa shape index (κ1) is 13.9. The molecule has 0 amide bonds. The molecule has 17 heavy (non-hydrogen) atoms. The Labute approximate surface area is 103 Å². The van der Waals surface area contributed by atoms with Crippen molar-refractivity contribution in [1.29, 1.82) is 0 Å². The summed E-state index contributed by atoms with van der Waals surface area (Å²) < 4.78 is 5.26. The Morgan fingerprint density at radius 3 is 2.47 bits per heavy atom. The van der Waals surface area contributed by atoms with Gasteiger partial charge >= 0.3 is 0 Å². The molecule has 3 nitrogen and oxygen atoms in total. The lowest BCUT2D eigenvalue weighted by Crippen LogP contribution is -2.26. The van der Waals surface area contributed by atoms with Crippen LogP contribution in [0, 0.1) is 0 Å². The average Bonchev–Trinajstić information content (AvgIpc) is 2.35. The summed E-state index contributed by atoms with van der Waals surface area (Å²) in [5.41, 5.74) is 0.513. The van der Waals surface area contributed by atoms with E-state index in [9.17, 15) is 0 Å². The predicted octanol–water partition coefficient (Wildman–Crippen LogP) is 3.42. The van der Waals surface area contributed by atoms with E-state index in [1.54, 1.807) is 6.08 Å². The fourth-order valence-corrected chi connectivity index (χ4v) is 1.35. The van der Waals surface area contributed by atoms with Gasteiger partial charge in [-0.05, 0) is 32.4 Å². The molecule has 0 N–H and O–H groups in total. The minimum atomic E-state index is -0.539. The van der Waals surface area contributed by atoms with Gasteiger partial charge in [0.05, 0.1) is 0 Å². The highest BCUT2D eigenvalue weighted by atomic mass is 17.2. The van der Waals surface area contributed by atoms with Crippen molar-refractivity contribution in [3.8, 4) is 0 Å². The number of hydrogen-bond acceptors (Lipinski definition) is 3. The van der Waals surface area contributed by atoms with Gasteiger partial charge in [-0.1, -0.05) is 36.9 Å². The molecule has 0 saturated heterocycles. The maximum atomic E-state index is 5.42. The quantitative estimate of drug-likeness (QED) is 0.314. The molecule has 0 aromatic heterocycles. The van der Waals surface area contributed by atoms with Crippen molar-refractivity contribution in [2.75, 3.05) is 6.61 Å². The highest BCUT2D eigenvalue weighted by Gasteiger charge is 2.23. The molecule has 3 heteroatoms. The molecule has 0 aliphatic carbocycles. The van der Waals surface area contributed by atoms with E-state index in [1.165, 1.54) is 0 Å². The normalized spacial score (nSPS) is 13.4. The fraction of sp³-hybridized carbons (Fsp3) is 0.429. The Hall–Kier alpha value is -1.16. The van der Waals surface area contributed by atoms with Gasteiger partial charge in [-0.3, -0.25) is 0 Å². The Kier molecular flexibility index (Phi) is 5.35. The zero-order chi connectivity index (χ0) is 12.7. The van der Waals surface area contributed by atoms with Gasteiger partial charge in [0.25, 0.3) is 0 Å². The molecule has 0 radical (unpaired) electrons. The molecule has 0 aliphatic heterocycles. The summed E-state index contributed by atoms with van der Waals surface area (Å²) in [5.74, 6) is 0. The van der Waals surface area contributed by atoms with Gasteiger partial charge in [0.2, 0.25) is 6.29 Å². The molecule has 1 unspecified atom stereocenters. The summed E-state index contributed by atoms with van der Waals surface area (Å²) in [4.78, 5) is 10.6. The Morgan fingerprint density at radius 2 is 1.94 bits per heavy atom. The van der Waals surface area contributed by atoms with Gasteiger partial charge in [-0.15, -0.1) is 0 Å². The van der Waals surface area contributed by atoms with E-state index in [1.807, 2.05) is 51.1 Å². The van der Waals surface area contributed by atoms with E-state index in [4.69, 9.17) is 14.5 Å². The molecule has 1 aromatic rings. The Balaban J connectivity index is 2.58. The van der Waals surface area contributed by atoms with E-state index < -0.39 is 11.9 Å². The first-order valence-electron chi connectivity index (χ1n) is 5.74. The van der Waals surface area contributed by atoms with E-state index in [2.05, 4.69) is 6.58 Å². The van der Waals surface area contributed by atoms with Crippen molar-refractivity contribution in [3.63, 3.8) is 0 Å². The smallest absolute Gasteiger partial charge is 0.210 e. The number of rotatable bonds is 7. The molecule has 0 saturated carbocycles. The molecule has 0 fully saturated rings. The maximum Gasteiger partial charge on any atom is 0.210 e. The zero-order valence-electron chi connectivity index (χ0n) is 10.7. The zero-order valence-corrected chi connectivity index (χ0v) is 10.7. The van der Waals surface area contributed by atoms with E-state index >= 15 is 0 Å². The number of hydrogen-bond donors (Lipinski definition) is 0. The molecular weight excluding hydrogens is 216 g/mol. The van der Waals surface area contributed by atoms with Crippen LogP contribution in [0.2, 0.25) is 0 Å². The highest BCUT2D eigenvalue weighted by molar-refractivity contribution is 5.20. The Bertz CT molecular complexity index is 333. The third-order valence-electron chi connectivity index (χ3n) is 2.34. The van der Waals surface area contributed by atoms with Crippen molar-refractivity contribution in [2.24, 2.45) is 0 Å². The van der Waals surface area contributed by atoms with Crippen molar-refractivity contribution in [1.82, 2.24) is 0 Å². The molecule has 94 valence electrons. The molecule has 1 atom stereocenters. The average molecular weight is 236 g/mol. The van der Waals surface area contributed by atoms with Crippen LogP contribution in [0.1, 0.15) is 26.3 Å². The van der Waals surface area contributed by atoms with Crippen LogP contribution in [0.25, 0.3) is 0 Å². The van der Waals surface area contributed by atoms with Gasteiger partial charge in [0.1, 0.15) is 5.60 Å². The van der Waals surface area contributed by atoms with Gasteiger partial charge < -0.3 is 4.74 Å². The molecule has 1 aromatic carbocycles. The topological polar surface area (TPSA) is 27.7 Å². The van der Waals surface area contributed by atoms with Crippen molar-refractivity contribution >= 4 is 0 Å². The maximum absolute atomic E-state index is 5.42. The second-order valence-corrected chi connectivity index (χ2v) is 4.12. The van der Waals surface area contributed by atoms with Gasteiger partial charge in [0.15, 0.2) is 0 Å². The molecule has 0 spiro atoms. The summed E-state index contributed by atoms with van der Waals surface area (Å²) in [6, 6.07) is 9.88. The third-order valence-corrected chi connectivity index (χ3v) is 2.34. The molecule has 0 heterocycles. The number of benzene rings is 1. The monoisotopic (exact) mass is 236 g/mol. The summed E-state index contributed by atoms with van der Waals surface area (Å²) >= 11 is 0. The van der Waals surface area contributed by atoms with Gasteiger partial charge in [0, 0.05) is 6.61 Å². The summed E-state index contributed by atoms with van der Waals surface area (Å²) in [6.45, 7) is 9.94. The van der Waals surface area contributed by atoms with Crippen LogP contribution in [-0.4, -0.2) is 12.9 Å². The summed E-state index contributed by atoms with van der Waals surface area (Å²) in [7, 11) is 0. The van der Waals surface area contributed by atoms with Crippen molar-refractivity contribution in [3.05, 3.63) is 48.6 Å². The minimum Gasteiger partial charge on any atom is -0.347 e.